The van der Waals surface area contributed by atoms with Crippen LogP contribution in [0.15, 0.2) is 53.1 Å². The Balaban J connectivity index is 1.63. The van der Waals surface area contributed by atoms with Gasteiger partial charge in [-0.05, 0) is 18.2 Å². The lowest BCUT2D eigenvalue weighted by molar-refractivity contribution is -0.116. The molecule has 28 heavy (non-hydrogen) atoms. The van der Waals surface area contributed by atoms with Crippen LogP contribution in [0.3, 0.4) is 0 Å². The van der Waals surface area contributed by atoms with Gasteiger partial charge in [-0.1, -0.05) is 25.1 Å². The number of nitrogens with zero attached hydrogens (tertiary/aromatic N) is 3. The minimum absolute atomic E-state index is 0.0196. The van der Waals surface area contributed by atoms with Gasteiger partial charge in [-0.2, -0.15) is 0 Å². The number of hydrogen-bond donors (Lipinski definition) is 1. The molecule has 0 aliphatic heterocycles. The van der Waals surface area contributed by atoms with Crippen LogP contribution in [0.4, 0.5) is 14.5 Å². The zero-order chi connectivity index (χ0) is 19.7. The Morgan fingerprint density at radius 3 is 2.71 bits per heavy atom. The molecule has 0 radical (unpaired) electrons. The van der Waals surface area contributed by atoms with Crippen LogP contribution in [-0.4, -0.2) is 20.7 Å². The Hall–Kier alpha value is -3.55. The van der Waals surface area contributed by atoms with E-state index in [1.54, 1.807) is 10.8 Å². The molecule has 0 aliphatic rings. The lowest BCUT2D eigenvalue weighted by Crippen LogP contribution is -2.18. The van der Waals surface area contributed by atoms with Gasteiger partial charge in [0.15, 0.2) is 11.6 Å². The number of nitrogens with one attached hydrogen (secondary N) is 1. The van der Waals surface area contributed by atoms with Gasteiger partial charge < -0.3 is 14.3 Å². The van der Waals surface area contributed by atoms with Crippen molar-refractivity contribution in [2.45, 2.75) is 19.9 Å². The molecule has 1 amide bonds. The molecule has 1 N–H and O–H groups in total. The largest absolute Gasteiger partial charge is 0.421 e. The number of benzene rings is 2. The third kappa shape index (κ3) is 3.36. The Bertz CT molecular complexity index is 1170. The van der Waals surface area contributed by atoms with Gasteiger partial charge >= 0.3 is 0 Å². The van der Waals surface area contributed by atoms with E-state index in [2.05, 4.69) is 15.5 Å². The van der Waals surface area contributed by atoms with E-state index in [4.69, 9.17) is 4.42 Å². The first-order chi connectivity index (χ1) is 13.5. The molecule has 0 bridgehead atoms. The highest BCUT2D eigenvalue weighted by atomic mass is 19.2. The molecular formula is C20H16F2N4O2. The third-order valence-corrected chi connectivity index (χ3v) is 4.31. The minimum atomic E-state index is -1.02. The predicted molar refractivity (Wildman–Crippen MR) is 99.6 cm³/mol. The summed E-state index contributed by atoms with van der Waals surface area (Å²) in [6, 6.07) is 10.7. The molecule has 0 saturated heterocycles. The Morgan fingerprint density at radius 2 is 1.96 bits per heavy atom. The van der Waals surface area contributed by atoms with Crippen LogP contribution < -0.4 is 5.32 Å². The maximum atomic E-state index is 13.3. The number of fused-ring (bicyclic) bond motifs is 1. The van der Waals surface area contributed by atoms with Crippen molar-refractivity contribution in [1.82, 2.24) is 14.8 Å². The second kappa shape index (κ2) is 7.22. The number of carbonyl (C=O) groups is 1. The van der Waals surface area contributed by atoms with Gasteiger partial charge in [0.05, 0.1) is 5.56 Å². The number of hydrogen-bond acceptors (Lipinski definition) is 4. The van der Waals surface area contributed by atoms with E-state index >= 15 is 0 Å². The summed E-state index contributed by atoms with van der Waals surface area (Å²) in [5.41, 5.74) is 1.72. The van der Waals surface area contributed by atoms with Crippen molar-refractivity contribution in [3.8, 4) is 11.5 Å². The van der Waals surface area contributed by atoms with Crippen LogP contribution in [-0.2, 0) is 17.8 Å². The first-order valence-corrected chi connectivity index (χ1v) is 8.70. The van der Waals surface area contributed by atoms with E-state index in [1.807, 2.05) is 31.2 Å². The van der Waals surface area contributed by atoms with Crippen molar-refractivity contribution in [2.75, 3.05) is 5.32 Å². The van der Waals surface area contributed by atoms with Gasteiger partial charge in [-0.15, -0.1) is 10.2 Å². The number of amides is 1. The molecule has 2 aromatic heterocycles. The highest BCUT2D eigenvalue weighted by molar-refractivity contribution is 5.96. The monoisotopic (exact) mass is 382 g/mol. The Labute approximate surface area is 158 Å². The van der Waals surface area contributed by atoms with Crippen LogP contribution in [0.2, 0.25) is 0 Å². The average Bonchev–Trinajstić information content (AvgIpc) is 3.30. The van der Waals surface area contributed by atoms with Crippen molar-refractivity contribution in [3.05, 3.63) is 66.2 Å². The fourth-order valence-corrected chi connectivity index (χ4v) is 2.98. The lowest BCUT2D eigenvalue weighted by Gasteiger charge is -2.07. The summed E-state index contributed by atoms with van der Waals surface area (Å²) in [6.45, 7) is 1.90. The summed E-state index contributed by atoms with van der Waals surface area (Å²) >= 11 is 0. The second-order valence-electron chi connectivity index (χ2n) is 6.22. The maximum absolute atomic E-state index is 13.3. The molecule has 2 aromatic carbocycles. The van der Waals surface area contributed by atoms with E-state index in [1.165, 1.54) is 6.07 Å². The smallest absolute Gasteiger partial charge is 0.249 e. The van der Waals surface area contributed by atoms with E-state index in [-0.39, 0.29) is 18.1 Å². The van der Waals surface area contributed by atoms with Crippen molar-refractivity contribution in [2.24, 2.45) is 0 Å². The highest BCUT2D eigenvalue weighted by Crippen LogP contribution is 2.30. The summed E-state index contributed by atoms with van der Waals surface area (Å²) in [5, 5.41) is 11.5. The van der Waals surface area contributed by atoms with E-state index < -0.39 is 11.6 Å². The summed E-state index contributed by atoms with van der Waals surface area (Å²) in [4.78, 5) is 12.4. The van der Waals surface area contributed by atoms with Gasteiger partial charge in [0.2, 0.25) is 17.7 Å². The number of carbonyl (C=O) groups excluding carboxylic acids is 1. The van der Waals surface area contributed by atoms with Crippen LogP contribution >= 0.6 is 0 Å². The molecule has 4 rings (SSSR count). The average molecular weight is 382 g/mol. The number of aryl methyl sites for hydroxylation is 1. The number of para-hydroxylation sites is 1. The van der Waals surface area contributed by atoms with Gasteiger partial charge in [-0.25, -0.2) is 8.78 Å². The number of halogens is 2. The zero-order valence-corrected chi connectivity index (χ0v) is 14.9. The standard InChI is InChI=1S/C20H16F2N4O2/c1-2-19-24-25-20(28-19)14-10-26(17-6-4-3-5-13(14)17)11-18(27)23-12-7-8-15(21)16(22)9-12/h3-10H,2,11H2,1H3,(H,23,27). The fraction of sp³-hybridized carbons (Fsp3) is 0.150. The van der Waals surface area contributed by atoms with Gasteiger partial charge in [0.1, 0.15) is 6.54 Å². The molecule has 0 atom stereocenters. The van der Waals surface area contributed by atoms with Gasteiger partial charge in [0.25, 0.3) is 0 Å². The SMILES string of the molecule is CCc1nnc(-c2cn(CC(=O)Nc3ccc(F)c(F)c3)c3ccccc23)o1. The normalized spacial score (nSPS) is 11.1. The quantitative estimate of drug-likeness (QED) is 0.562. The predicted octanol–water partition coefficient (Wildman–Crippen LogP) is 4.17. The molecule has 142 valence electrons. The fourth-order valence-electron chi connectivity index (χ4n) is 2.98. The Kier molecular flexibility index (Phi) is 4.60. The maximum Gasteiger partial charge on any atom is 0.249 e. The molecule has 0 unspecified atom stereocenters. The van der Waals surface area contributed by atoms with Crippen LogP contribution in [0.1, 0.15) is 12.8 Å². The molecule has 0 fully saturated rings. The molecular weight excluding hydrogens is 366 g/mol. The molecule has 0 saturated carbocycles. The molecule has 0 spiro atoms. The van der Waals surface area contributed by atoms with Crippen LogP contribution in [0.25, 0.3) is 22.4 Å². The zero-order valence-electron chi connectivity index (χ0n) is 14.9. The van der Waals surface area contributed by atoms with Crippen LogP contribution in [0, 0.1) is 11.6 Å². The second-order valence-corrected chi connectivity index (χ2v) is 6.22. The van der Waals surface area contributed by atoms with Crippen molar-refractivity contribution < 1.29 is 18.0 Å². The van der Waals surface area contributed by atoms with Crippen molar-refractivity contribution >= 4 is 22.5 Å². The Morgan fingerprint density at radius 1 is 1.14 bits per heavy atom. The van der Waals surface area contributed by atoms with E-state index in [9.17, 15) is 13.6 Å². The molecule has 8 heteroatoms. The minimum Gasteiger partial charge on any atom is -0.421 e. The first kappa shape index (κ1) is 17.8. The highest BCUT2D eigenvalue weighted by Gasteiger charge is 2.17. The molecule has 2 heterocycles. The van der Waals surface area contributed by atoms with Gasteiger partial charge in [-0.3, -0.25) is 4.79 Å². The topological polar surface area (TPSA) is 73.0 Å². The number of anilines is 1. The first-order valence-electron chi connectivity index (χ1n) is 8.70. The summed E-state index contributed by atoms with van der Waals surface area (Å²) < 4.78 is 33.8. The van der Waals surface area contributed by atoms with E-state index in [0.29, 0.717) is 18.2 Å². The lowest BCUT2D eigenvalue weighted by atomic mass is 10.2. The third-order valence-electron chi connectivity index (χ3n) is 4.31. The number of rotatable bonds is 5. The summed E-state index contributed by atoms with van der Waals surface area (Å²) in [6.07, 6.45) is 2.39. The summed E-state index contributed by atoms with van der Waals surface area (Å²) in [7, 11) is 0. The summed E-state index contributed by atoms with van der Waals surface area (Å²) in [5.74, 6) is -1.45. The van der Waals surface area contributed by atoms with Crippen LogP contribution in [0.5, 0.6) is 0 Å². The molecule has 6 nitrogen and oxygen atoms in total. The molecule has 4 aromatic rings. The number of aromatic nitrogens is 3. The van der Waals surface area contributed by atoms with Gasteiger partial charge in [0, 0.05) is 35.3 Å². The van der Waals surface area contributed by atoms with E-state index in [0.717, 1.165) is 28.6 Å². The molecule has 0 aliphatic carbocycles. The van der Waals surface area contributed by atoms with Crippen molar-refractivity contribution in [1.29, 1.82) is 0 Å². The van der Waals surface area contributed by atoms with Crippen molar-refractivity contribution in [3.63, 3.8) is 0 Å².